The van der Waals surface area contributed by atoms with Crippen molar-refractivity contribution >= 4 is 28.9 Å². The summed E-state index contributed by atoms with van der Waals surface area (Å²) in [6.07, 6.45) is 5.25. The van der Waals surface area contributed by atoms with E-state index in [0.717, 1.165) is 16.9 Å². The third kappa shape index (κ3) is 3.96. The van der Waals surface area contributed by atoms with Crippen molar-refractivity contribution in [2.75, 3.05) is 5.43 Å². The number of benzene rings is 1. The minimum Gasteiger partial charge on any atom is -0.278 e. The van der Waals surface area contributed by atoms with Crippen LogP contribution in [0.1, 0.15) is 10.4 Å². The third-order valence-corrected chi connectivity index (χ3v) is 4.17. The minimum atomic E-state index is -0.463. The van der Waals surface area contributed by atoms with Crippen LogP contribution in [0.15, 0.2) is 58.7 Å². The van der Waals surface area contributed by atoms with E-state index in [1.54, 1.807) is 16.7 Å². The molecule has 3 aromatic rings. The average Bonchev–Trinajstić information content (AvgIpc) is 2.97. The monoisotopic (exact) mass is 356 g/mol. The van der Waals surface area contributed by atoms with Crippen molar-refractivity contribution in [1.82, 2.24) is 4.98 Å². The molecule has 2 aromatic heterocycles. The molecule has 2 heterocycles. The minimum absolute atomic E-state index is 0.0106. The van der Waals surface area contributed by atoms with Gasteiger partial charge in [-0.25, -0.2) is 9.36 Å². The van der Waals surface area contributed by atoms with Gasteiger partial charge < -0.3 is 0 Å². The lowest BCUT2D eigenvalue weighted by atomic mass is 10.3. The highest BCUT2D eigenvalue weighted by Gasteiger charge is 2.15. The van der Waals surface area contributed by atoms with Gasteiger partial charge in [0.25, 0.3) is 5.69 Å². The first kappa shape index (κ1) is 16.5. The highest BCUT2D eigenvalue weighted by Crippen LogP contribution is 2.15. The number of thiazole rings is 1. The van der Waals surface area contributed by atoms with E-state index in [1.165, 1.54) is 18.3 Å². The van der Waals surface area contributed by atoms with Gasteiger partial charge in [-0.2, -0.15) is 10.1 Å². The Morgan fingerprint density at radius 2 is 1.92 bits per heavy atom. The molecule has 0 aliphatic carbocycles. The molecule has 126 valence electrons. The van der Waals surface area contributed by atoms with Gasteiger partial charge in [-0.15, -0.1) is 0 Å². The molecule has 0 atom stereocenters. The fourth-order valence-corrected chi connectivity index (χ4v) is 2.79. The molecule has 2 N–H and O–H groups in total. The number of H-pyrrole nitrogens is 1. The van der Waals surface area contributed by atoms with Crippen molar-refractivity contribution < 1.29 is 9.49 Å². The van der Waals surface area contributed by atoms with Gasteiger partial charge in [-0.3, -0.25) is 15.5 Å². The topological polar surface area (TPSA) is 104 Å². The lowest BCUT2D eigenvalue weighted by Gasteiger charge is -1.99. The van der Waals surface area contributed by atoms with E-state index in [1.807, 2.05) is 31.5 Å². The summed E-state index contributed by atoms with van der Waals surface area (Å²) in [5.41, 5.74) is 4.52. The number of pyridine rings is 1. The number of nitro benzene ring substituents is 1. The Labute approximate surface area is 146 Å². The van der Waals surface area contributed by atoms with Crippen LogP contribution in [0, 0.1) is 17.0 Å². The first-order valence-corrected chi connectivity index (χ1v) is 8.09. The summed E-state index contributed by atoms with van der Waals surface area (Å²) < 4.78 is 1.80. The van der Waals surface area contributed by atoms with E-state index < -0.39 is 4.92 Å². The molecular weight excluding hydrogens is 342 g/mol. The van der Waals surface area contributed by atoms with Crippen molar-refractivity contribution in [2.45, 2.75) is 6.92 Å². The first-order chi connectivity index (χ1) is 12.0. The van der Waals surface area contributed by atoms with Crippen molar-refractivity contribution in [3.63, 3.8) is 0 Å². The Balaban J connectivity index is 1.78. The molecule has 0 spiro atoms. The Bertz CT molecular complexity index is 974. The van der Waals surface area contributed by atoms with Crippen LogP contribution in [0.2, 0.25) is 0 Å². The van der Waals surface area contributed by atoms with Gasteiger partial charge in [0.15, 0.2) is 0 Å². The number of aromatic amines is 1. The lowest BCUT2D eigenvalue weighted by Crippen LogP contribution is -2.31. The molecule has 9 heteroatoms. The highest BCUT2D eigenvalue weighted by atomic mass is 32.1. The average molecular weight is 356 g/mol. The maximum absolute atomic E-state index is 11.7. The molecular formula is C16H14N5O3S+. The Morgan fingerprint density at radius 1 is 1.24 bits per heavy atom. The number of non-ortho nitro benzene ring substituents is 1. The van der Waals surface area contributed by atoms with Crippen LogP contribution in [-0.4, -0.2) is 16.1 Å². The summed E-state index contributed by atoms with van der Waals surface area (Å²) in [5.74, 6) is 0.629. The maximum Gasteiger partial charge on any atom is 0.390 e. The molecule has 0 saturated carbocycles. The second-order valence-corrected chi connectivity index (χ2v) is 6.20. The molecule has 0 saturated heterocycles. The lowest BCUT2D eigenvalue weighted by molar-refractivity contribution is -0.599. The van der Waals surface area contributed by atoms with Crippen molar-refractivity contribution in [3.8, 4) is 5.82 Å². The summed E-state index contributed by atoms with van der Waals surface area (Å²) in [4.78, 5) is 25.1. The van der Waals surface area contributed by atoms with E-state index in [0.29, 0.717) is 16.4 Å². The smallest absolute Gasteiger partial charge is 0.278 e. The zero-order valence-electron chi connectivity index (χ0n) is 13.2. The van der Waals surface area contributed by atoms with Crippen LogP contribution in [0.4, 0.5) is 11.4 Å². The predicted molar refractivity (Wildman–Crippen MR) is 95.5 cm³/mol. The van der Waals surface area contributed by atoms with E-state index in [4.69, 9.17) is 0 Å². The summed E-state index contributed by atoms with van der Waals surface area (Å²) in [6.45, 7) is 1.98. The molecule has 0 aliphatic rings. The van der Waals surface area contributed by atoms with E-state index in [2.05, 4.69) is 15.5 Å². The molecule has 0 bridgehead atoms. The number of hydrogen-bond donors (Lipinski definition) is 2. The standard InChI is InChI=1S/C16H13N5O3S/c1-11-6-8-20(9-7-11)15-14(25-16(22)18-15)10-17-19-12-2-4-13(5-3-12)21(23)24/h2-10,19H,1H3/p+1. The van der Waals surface area contributed by atoms with Crippen molar-refractivity contribution in [3.05, 3.63) is 79.0 Å². The number of nitrogens with one attached hydrogen (secondary N) is 2. The molecule has 3 rings (SSSR count). The van der Waals surface area contributed by atoms with Crippen molar-refractivity contribution in [1.29, 1.82) is 0 Å². The van der Waals surface area contributed by atoms with Crippen molar-refractivity contribution in [2.24, 2.45) is 5.10 Å². The second-order valence-electron chi connectivity index (χ2n) is 5.18. The summed E-state index contributed by atoms with van der Waals surface area (Å²) >= 11 is 1.04. The number of aromatic nitrogens is 2. The Hall–Kier alpha value is -3.33. The van der Waals surface area contributed by atoms with Gasteiger partial charge in [-0.1, -0.05) is 0 Å². The van der Waals surface area contributed by atoms with Gasteiger partial charge in [0.05, 0.1) is 29.2 Å². The maximum atomic E-state index is 11.7. The van der Waals surface area contributed by atoms with Crippen LogP contribution < -0.4 is 14.9 Å². The largest absolute Gasteiger partial charge is 0.390 e. The summed E-state index contributed by atoms with van der Waals surface area (Å²) in [7, 11) is 0. The molecule has 0 amide bonds. The van der Waals surface area contributed by atoms with Crippen LogP contribution in [0.5, 0.6) is 0 Å². The number of nitrogens with zero attached hydrogens (tertiary/aromatic N) is 3. The van der Waals surface area contributed by atoms with Gasteiger partial charge in [0, 0.05) is 12.1 Å². The summed E-state index contributed by atoms with van der Waals surface area (Å²) in [6, 6.07) is 9.77. The fraction of sp³-hybridized carbons (Fsp3) is 0.0625. The number of nitro groups is 1. The third-order valence-electron chi connectivity index (χ3n) is 3.36. The zero-order chi connectivity index (χ0) is 17.8. The second kappa shape index (κ2) is 7.05. The van der Waals surface area contributed by atoms with Crippen LogP contribution >= 0.6 is 11.3 Å². The fourth-order valence-electron chi connectivity index (χ4n) is 2.08. The Kier molecular flexibility index (Phi) is 4.66. The molecule has 0 fully saturated rings. The normalized spacial score (nSPS) is 10.9. The number of hydrogen-bond acceptors (Lipinski definition) is 6. The van der Waals surface area contributed by atoms with Crippen LogP contribution in [0.3, 0.4) is 0 Å². The van der Waals surface area contributed by atoms with Gasteiger partial charge in [0.2, 0.25) is 0 Å². The van der Waals surface area contributed by atoms with Gasteiger partial charge in [-0.05, 0) is 48.1 Å². The quantitative estimate of drug-likeness (QED) is 0.317. The number of hydrazone groups is 1. The zero-order valence-corrected chi connectivity index (χ0v) is 14.0. The first-order valence-electron chi connectivity index (χ1n) is 7.28. The van der Waals surface area contributed by atoms with E-state index in [-0.39, 0.29) is 10.6 Å². The molecule has 0 aliphatic heterocycles. The molecule has 25 heavy (non-hydrogen) atoms. The summed E-state index contributed by atoms with van der Waals surface area (Å²) in [5, 5.41) is 14.7. The van der Waals surface area contributed by atoms with Gasteiger partial charge >= 0.3 is 10.7 Å². The highest BCUT2D eigenvalue weighted by molar-refractivity contribution is 7.11. The van der Waals surface area contributed by atoms with Gasteiger partial charge in [0.1, 0.15) is 4.88 Å². The molecule has 0 radical (unpaired) electrons. The van der Waals surface area contributed by atoms with E-state index >= 15 is 0 Å². The Morgan fingerprint density at radius 3 is 2.56 bits per heavy atom. The number of anilines is 1. The molecule has 0 unspecified atom stereocenters. The molecule has 1 aromatic carbocycles. The number of aryl methyl sites for hydroxylation is 1. The number of rotatable bonds is 5. The molecule has 8 nitrogen and oxygen atoms in total. The SMILES string of the molecule is Cc1cc[n+](-c2[nH]c(=O)sc2C=NNc2ccc([N+](=O)[O-])cc2)cc1. The van der Waals surface area contributed by atoms with Crippen LogP contribution in [-0.2, 0) is 0 Å². The van der Waals surface area contributed by atoms with Crippen LogP contribution in [0.25, 0.3) is 5.82 Å². The predicted octanol–water partition coefficient (Wildman–Crippen LogP) is 2.38. The van der Waals surface area contributed by atoms with E-state index in [9.17, 15) is 14.9 Å².